The van der Waals surface area contributed by atoms with Crippen molar-refractivity contribution in [3.05, 3.63) is 17.3 Å². The Morgan fingerprint density at radius 2 is 2.10 bits per heavy atom. The summed E-state index contributed by atoms with van der Waals surface area (Å²) in [5.41, 5.74) is 0.264. The van der Waals surface area contributed by atoms with E-state index in [2.05, 4.69) is 25.8 Å². The first-order valence-electron chi connectivity index (χ1n) is 6.26. The molecule has 2 aromatic rings. The Morgan fingerprint density at radius 3 is 2.67 bits per heavy atom. The molecule has 0 fully saturated rings. The highest BCUT2D eigenvalue weighted by Gasteiger charge is 2.20. The highest BCUT2D eigenvalue weighted by molar-refractivity contribution is 5.89. The molecule has 2 heterocycles. The van der Waals surface area contributed by atoms with Crippen LogP contribution in [0.15, 0.2) is 4.42 Å². The molecule has 10 nitrogen and oxygen atoms in total. The molecule has 0 aliphatic rings. The molecule has 0 saturated heterocycles. The van der Waals surface area contributed by atoms with Crippen molar-refractivity contribution < 1.29 is 19.1 Å². The average Bonchev–Trinajstić information content (AvgIpc) is 2.97. The third-order valence-corrected chi connectivity index (χ3v) is 2.59. The monoisotopic (exact) mass is 294 g/mol. The first-order chi connectivity index (χ1) is 10.0. The molecule has 2 aromatic heterocycles. The van der Waals surface area contributed by atoms with E-state index in [1.54, 1.807) is 6.92 Å². The Balaban J connectivity index is 2.11. The van der Waals surface area contributed by atoms with Crippen LogP contribution >= 0.6 is 0 Å². The molecule has 0 unspecified atom stereocenters. The second-order valence-electron chi connectivity index (χ2n) is 4.27. The zero-order chi connectivity index (χ0) is 15.4. The van der Waals surface area contributed by atoms with Gasteiger partial charge in [0.1, 0.15) is 6.54 Å². The number of carbonyl (C=O) groups excluding carboxylic acids is 1. The van der Waals surface area contributed by atoms with Crippen LogP contribution in [0.5, 0.6) is 0 Å². The minimum atomic E-state index is -1.17. The lowest BCUT2D eigenvalue weighted by atomic mass is 10.2. The number of carbonyl (C=O) groups is 2. The van der Waals surface area contributed by atoms with Gasteiger partial charge in [-0.3, -0.25) is 10.1 Å². The summed E-state index contributed by atoms with van der Waals surface area (Å²) in [6, 6.07) is -0.0203. The third-order valence-electron chi connectivity index (χ3n) is 2.59. The molecular formula is C11H14N6O4. The maximum Gasteiger partial charge on any atom is 0.358 e. The minimum absolute atomic E-state index is 0.0203. The molecule has 10 heteroatoms. The van der Waals surface area contributed by atoms with Crippen molar-refractivity contribution in [2.75, 3.05) is 5.32 Å². The van der Waals surface area contributed by atoms with Crippen LogP contribution in [0.3, 0.4) is 0 Å². The quantitative estimate of drug-likeness (QED) is 0.774. The molecule has 0 bridgehead atoms. The summed E-state index contributed by atoms with van der Waals surface area (Å²) in [5, 5.41) is 25.9. The maximum absolute atomic E-state index is 11.9. The van der Waals surface area contributed by atoms with Gasteiger partial charge in [-0.05, 0) is 6.42 Å². The van der Waals surface area contributed by atoms with E-state index < -0.39 is 11.9 Å². The van der Waals surface area contributed by atoms with Crippen LogP contribution in [-0.4, -0.2) is 42.2 Å². The lowest BCUT2D eigenvalue weighted by molar-refractivity contribution is -0.117. The molecule has 21 heavy (non-hydrogen) atoms. The van der Waals surface area contributed by atoms with Crippen LogP contribution in [0.4, 0.5) is 6.01 Å². The molecule has 0 aromatic carbocycles. The number of hydrogen-bond acceptors (Lipinski definition) is 7. The Morgan fingerprint density at radius 1 is 1.33 bits per heavy atom. The minimum Gasteiger partial charge on any atom is -0.476 e. The summed E-state index contributed by atoms with van der Waals surface area (Å²) in [5.74, 6) is -1.30. The van der Waals surface area contributed by atoms with Gasteiger partial charge in [-0.1, -0.05) is 23.7 Å². The number of aryl methyl sites for hydroxylation is 1. The van der Waals surface area contributed by atoms with Gasteiger partial charge in [-0.15, -0.1) is 10.2 Å². The largest absolute Gasteiger partial charge is 0.476 e. The molecule has 1 amide bonds. The summed E-state index contributed by atoms with van der Waals surface area (Å²) in [6.07, 6.45) is 1.17. The molecule has 2 rings (SSSR count). The number of hydrogen-bond donors (Lipinski definition) is 2. The summed E-state index contributed by atoms with van der Waals surface area (Å²) in [6.45, 7) is 3.31. The van der Waals surface area contributed by atoms with E-state index >= 15 is 0 Å². The molecule has 2 N–H and O–H groups in total. The summed E-state index contributed by atoms with van der Waals surface area (Å²) in [7, 11) is 0. The van der Waals surface area contributed by atoms with Gasteiger partial charge in [0.25, 0.3) is 0 Å². The van der Waals surface area contributed by atoms with Gasteiger partial charge in [0.2, 0.25) is 11.8 Å². The van der Waals surface area contributed by atoms with Crippen molar-refractivity contribution in [2.24, 2.45) is 0 Å². The molecular weight excluding hydrogens is 280 g/mol. The number of carboxylic acid groups (broad SMARTS) is 1. The SMILES string of the molecule is CCCc1c(C(=O)O)nnn1CC(=O)Nc1nnc(C)o1. The lowest BCUT2D eigenvalue weighted by Gasteiger charge is -2.05. The number of nitrogens with one attached hydrogen (secondary N) is 1. The molecule has 0 aliphatic carbocycles. The van der Waals surface area contributed by atoms with E-state index in [9.17, 15) is 9.59 Å². The molecule has 112 valence electrons. The number of aromatic nitrogens is 5. The van der Waals surface area contributed by atoms with E-state index in [4.69, 9.17) is 9.52 Å². The smallest absolute Gasteiger partial charge is 0.358 e. The number of amides is 1. The number of anilines is 1. The van der Waals surface area contributed by atoms with Gasteiger partial charge in [0, 0.05) is 6.92 Å². The number of nitrogens with zero attached hydrogens (tertiary/aromatic N) is 5. The van der Waals surface area contributed by atoms with Crippen LogP contribution in [0.1, 0.15) is 35.4 Å². The topological polar surface area (TPSA) is 136 Å². The Labute approximate surface area is 119 Å². The lowest BCUT2D eigenvalue weighted by Crippen LogP contribution is -2.21. The van der Waals surface area contributed by atoms with Crippen LogP contribution in [0.25, 0.3) is 0 Å². The summed E-state index contributed by atoms with van der Waals surface area (Å²) < 4.78 is 6.27. The van der Waals surface area contributed by atoms with Crippen LogP contribution in [0.2, 0.25) is 0 Å². The zero-order valence-electron chi connectivity index (χ0n) is 11.5. The van der Waals surface area contributed by atoms with Crippen molar-refractivity contribution >= 4 is 17.9 Å². The molecule has 0 saturated carbocycles. The zero-order valence-corrected chi connectivity index (χ0v) is 11.5. The Kier molecular flexibility index (Phi) is 4.26. The summed E-state index contributed by atoms with van der Waals surface area (Å²) >= 11 is 0. The van der Waals surface area contributed by atoms with Gasteiger partial charge >= 0.3 is 12.0 Å². The Bertz CT molecular complexity index is 661. The van der Waals surface area contributed by atoms with Gasteiger partial charge in [0.15, 0.2) is 5.69 Å². The van der Waals surface area contributed by atoms with Gasteiger partial charge in [0.05, 0.1) is 5.69 Å². The van der Waals surface area contributed by atoms with Gasteiger partial charge in [-0.25, -0.2) is 9.48 Å². The van der Waals surface area contributed by atoms with E-state index in [0.29, 0.717) is 24.4 Å². The number of carboxylic acids is 1. The predicted molar refractivity (Wildman–Crippen MR) is 68.6 cm³/mol. The molecule has 0 aliphatic heterocycles. The number of rotatable bonds is 6. The fourth-order valence-corrected chi connectivity index (χ4v) is 1.75. The van der Waals surface area contributed by atoms with E-state index in [-0.39, 0.29) is 18.3 Å². The fraction of sp³-hybridized carbons (Fsp3) is 0.455. The normalized spacial score (nSPS) is 10.6. The standard InChI is InChI=1S/C11H14N6O4/c1-3-4-7-9(10(19)20)14-16-17(7)5-8(18)12-11-15-13-6(2)21-11/h3-5H2,1-2H3,(H,19,20)(H,12,15,18). The van der Waals surface area contributed by atoms with Crippen LogP contribution in [-0.2, 0) is 17.8 Å². The van der Waals surface area contributed by atoms with Crippen molar-refractivity contribution in [3.63, 3.8) is 0 Å². The maximum atomic E-state index is 11.9. The van der Waals surface area contributed by atoms with Crippen molar-refractivity contribution in [2.45, 2.75) is 33.2 Å². The molecule has 0 atom stereocenters. The second kappa shape index (κ2) is 6.11. The predicted octanol–water partition coefficient (Wildman–Crippen LogP) is 0.259. The van der Waals surface area contributed by atoms with E-state index in [1.165, 1.54) is 4.68 Å². The van der Waals surface area contributed by atoms with Gasteiger partial charge in [-0.2, -0.15) is 0 Å². The van der Waals surface area contributed by atoms with Gasteiger partial charge < -0.3 is 9.52 Å². The summed E-state index contributed by atoms with van der Waals surface area (Å²) in [4.78, 5) is 22.9. The van der Waals surface area contributed by atoms with Crippen LogP contribution in [0, 0.1) is 6.92 Å². The fourth-order valence-electron chi connectivity index (χ4n) is 1.75. The van der Waals surface area contributed by atoms with Crippen LogP contribution < -0.4 is 5.32 Å². The van der Waals surface area contributed by atoms with Crippen molar-refractivity contribution in [1.29, 1.82) is 0 Å². The highest BCUT2D eigenvalue weighted by Crippen LogP contribution is 2.09. The average molecular weight is 294 g/mol. The second-order valence-corrected chi connectivity index (χ2v) is 4.27. The van der Waals surface area contributed by atoms with Crippen molar-refractivity contribution in [1.82, 2.24) is 25.2 Å². The third kappa shape index (κ3) is 3.41. The molecule has 0 spiro atoms. The van der Waals surface area contributed by atoms with Crippen molar-refractivity contribution in [3.8, 4) is 0 Å². The molecule has 0 radical (unpaired) electrons. The van der Waals surface area contributed by atoms with E-state index in [1.807, 2.05) is 6.92 Å². The van der Waals surface area contributed by atoms with E-state index in [0.717, 1.165) is 0 Å². The first kappa shape index (κ1) is 14.6. The Hall–Kier alpha value is -2.78. The number of aromatic carboxylic acids is 1. The first-order valence-corrected chi connectivity index (χ1v) is 6.26. The highest BCUT2D eigenvalue weighted by atomic mass is 16.4.